The fourth-order valence-electron chi connectivity index (χ4n) is 4.63. The number of carbonyl (C=O) groups is 1. The van der Waals surface area contributed by atoms with Gasteiger partial charge in [-0.15, -0.1) is 0 Å². The molecule has 6 heteroatoms. The first kappa shape index (κ1) is 19.5. The second-order valence-corrected chi connectivity index (χ2v) is 8.35. The Balaban J connectivity index is 1.25. The lowest BCUT2D eigenvalue weighted by Crippen LogP contribution is -2.48. The molecule has 1 amide bonds. The van der Waals surface area contributed by atoms with Crippen molar-refractivity contribution < 1.29 is 19.0 Å². The van der Waals surface area contributed by atoms with Gasteiger partial charge < -0.3 is 24.0 Å². The van der Waals surface area contributed by atoms with Crippen LogP contribution in [0, 0.1) is 5.92 Å². The van der Waals surface area contributed by atoms with Crippen LogP contribution in [-0.2, 0) is 14.3 Å². The summed E-state index contributed by atoms with van der Waals surface area (Å²) in [4.78, 5) is 15.7. The first-order chi connectivity index (χ1) is 13.5. The minimum absolute atomic E-state index is 0.00932. The maximum Gasteiger partial charge on any atom is 0.219 e. The van der Waals surface area contributed by atoms with E-state index in [9.17, 15) is 4.79 Å². The maximum atomic E-state index is 11.5. The van der Waals surface area contributed by atoms with Gasteiger partial charge in [0.1, 0.15) is 18.5 Å². The van der Waals surface area contributed by atoms with Gasteiger partial charge in [-0.2, -0.15) is 0 Å². The number of hydrogen-bond acceptors (Lipinski definition) is 5. The maximum absolute atomic E-state index is 11.5. The summed E-state index contributed by atoms with van der Waals surface area (Å²) in [5.74, 6) is 1.09. The van der Waals surface area contributed by atoms with Gasteiger partial charge in [0, 0.05) is 44.7 Å². The Kier molecular flexibility index (Phi) is 5.78. The third-order valence-corrected chi connectivity index (χ3v) is 6.42. The summed E-state index contributed by atoms with van der Waals surface area (Å²) < 4.78 is 18.2. The monoisotopic (exact) mass is 388 g/mol. The van der Waals surface area contributed by atoms with Gasteiger partial charge in [-0.3, -0.25) is 4.79 Å². The van der Waals surface area contributed by atoms with Crippen LogP contribution in [0.2, 0.25) is 0 Å². The van der Waals surface area contributed by atoms with E-state index in [0.29, 0.717) is 19.1 Å². The van der Waals surface area contributed by atoms with Gasteiger partial charge in [-0.1, -0.05) is 12.8 Å². The van der Waals surface area contributed by atoms with Crippen molar-refractivity contribution in [2.75, 3.05) is 44.3 Å². The van der Waals surface area contributed by atoms with Crippen molar-refractivity contribution in [3.05, 3.63) is 24.3 Å². The summed E-state index contributed by atoms with van der Waals surface area (Å²) in [6.07, 6.45) is 4.96. The number of amides is 1. The summed E-state index contributed by atoms with van der Waals surface area (Å²) in [6, 6.07) is 8.21. The molecule has 2 heterocycles. The zero-order valence-electron chi connectivity index (χ0n) is 17.1. The predicted molar refractivity (Wildman–Crippen MR) is 108 cm³/mol. The number of benzene rings is 1. The number of anilines is 1. The largest absolute Gasteiger partial charge is 0.491 e. The fourth-order valence-corrected chi connectivity index (χ4v) is 4.63. The molecule has 0 bridgehead atoms. The molecular weight excluding hydrogens is 356 g/mol. The van der Waals surface area contributed by atoms with E-state index < -0.39 is 5.79 Å². The first-order valence-electron chi connectivity index (χ1n) is 10.6. The normalized spacial score (nSPS) is 28.7. The van der Waals surface area contributed by atoms with E-state index >= 15 is 0 Å². The smallest absolute Gasteiger partial charge is 0.219 e. The summed E-state index contributed by atoms with van der Waals surface area (Å²) in [7, 11) is 0. The Morgan fingerprint density at radius 2 is 1.82 bits per heavy atom. The van der Waals surface area contributed by atoms with Gasteiger partial charge in [0.25, 0.3) is 0 Å². The van der Waals surface area contributed by atoms with Crippen LogP contribution in [0.25, 0.3) is 0 Å². The molecule has 28 heavy (non-hydrogen) atoms. The molecule has 0 spiro atoms. The minimum atomic E-state index is -0.434. The van der Waals surface area contributed by atoms with E-state index in [1.165, 1.54) is 31.4 Å². The van der Waals surface area contributed by atoms with E-state index in [1.807, 2.05) is 17.0 Å². The SMILES string of the molecule is CC(=O)N1CCN(c2ccc(OCC3COC(C)(C4CCCC4)O3)cc2)CC1. The van der Waals surface area contributed by atoms with Gasteiger partial charge in [0.05, 0.1) is 6.61 Å². The van der Waals surface area contributed by atoms with Crippen molar-refractivity contribution in [1.82, 2.24) is 4.90 Å². The van der Waals surface area contributed by atoms with Crippen molar-refractivity contribution in [3.63, 3.8) is 0 Å². The number of ether oxygens (including phenoxy) is 3. The van der Waals surface area contributed by atoms with E-state index in [0.717, 1.165) is 31.9 Å². The number of piperazine rings is 1. The topological polar surface area (TPSA) is 51.2 Å². The molecule has 1 saturated carbocycles. The summed E-state index contributed by atoms with van der Waals surface area (Å²) in [6.45, 7) is 8.14. The van der Waals surface area contributed by atoms with Crippen LogP contribution in [0.1, 0.15) is 39.5 Å². The molecule has 0 N–H and O–H groups in total. The molecule has 2 saturated heterocycles. The first-order valence-corrected chi connectivity index (χ1v) is 10.6. The van der Waals surface area contributed by atoms with Crippen LogP contribution in [0.15, 0.2) is 24.3 Å². The molecule has 3 fully saturated rings. The van der Waals surface area contributed by atoms with Crippen LogP contribution in [0.4, 0.5) is 5.69 Å². The highest BCUT2D eigenvalue weighted by Gasteiger charge is 2.44. The molecule has 2 atom stereocenters. The second kappa shape index (κ2) is 8.29. The van der Waals surface area contributed by atoms with Crippen molar-refractivity contribution in [3.8, 4) is 5.75 Å². The molecule has 1 aromatic rings. The Bertz CT molecular complexity index is 666. The molecule has 0 aromatic heterocycles. The lowest BCUT2D eigenvalue weighted by atomic mass is 9.99. The lowest BCUT2D eigenvalue weighted by Gasteiger charge is -2.35. The zero-order chi connectivity index (χ0) is 19.6. The molecule has 0 radical (unpaired) electrons. The van der Waals surface area contributed by atoms with E-state index in [4.69, 9.17) is 14.2 Å². The average molecular weight is 389 g/mol. The van der Waals surface area contributed by atoms with E-state index in [2.05, 4.69) is 24.0 Å². The number of rotatable bonds is 5. The van der Waals surface area contributed by atoms with Crippen molar-refractivity contribution in [1.29, 1.82) is 0 Å². The summed E-state index contributed by atoms with van der Waals surface area (Å²) in [5, 5.41) is 0. The molecule has 6 nitrogen and oxygen atoms in total. The van der Waals surface area contributed by atoms with Crippen LogP contribution in [-0.4, -0.2) is 62.1 Å². The summed E-state index contributed by atoms with van der Waals surface area (Å²) in [5.41, 5.74) is 1.17. The Labute approximate surface area is 167 Å². The number of hydrogen-bond donors (Lipinski definition) is 0. The van der Waals surface area contributed by atoms with Crippen LogP contribution >= 0.6 is 0 Å². The van der Waals surface area contributed by atoms with Gasteiger partial charge in [0.2, 0.25) is 5.91 Å². The van der Waals surface area contributed by atoms with Crippen LogP contribution in [0.5, 0.6) is 5.75 Å². The Morgan fingerprint density at radius 1 is 1.14 bits per heavy atom. The third kappa shape index (κ3) is 4.28. The molecule has 2 aliphatic heterocycles. The molecule has 2 unspecified atom stereocenters. The fraction of sp³-hybridized carbons (Fsp3) is 0.682. The van der Waals surface area contributed by atoms with Gasteiger partial charge in [-0.05, 0) is 44.0 Å². The Hall–Kier alpha value is -1.79. The number of carbonyl (C=O) groups excluding carboxylic acids is 1. The molecular formula is C22H32N2O4. The quantitative estimate of drug-likeness (QED) is 0.776. The van der Waals surface area contributed by atoms with Gasteiger partial charge >= 0.3 is 0 Å². The van der Waals surface area contributed by atoms with E-state index in [-0.39, 0.29) is 12.0 Å². The molecule has 3 aliphatic rings. The highest BCUT2D eigenvalue weighted by molar-refractivity contribution is 5.73. The lowest BCUT2D eigenvalue weighted by molar-refractivity contribution is -0.191. The van der Waals surface area contributed by atoms with E-state index in [1.54, 1.807) is 6.92 Å². The van der Waals surface area contributed by atoms with Crippen LogP contribution in [0.3, 0.4) is 0 Å². The highest BCUT2D eigenvalue weighted by atomic mass is 16.7. The predicted octanol–water partition coefficient (Wildman–Crippen LogP) is 3.06. The second-order valence-electron chi connectivity index (χ2n) is 8.35. The van der Waals surface area contributed by atoms with Crippen molar-refractivity contribution in [2.24, 2.45) is 5.92 Å². The molecule has 154 valence electrons. The van der Waals surface area contributed by atoms with Crippen molar-refractivity contribution in [2.45, 2.75) is 51.4 Å². The Morgan fingerprint density at radius 3 is 2.46 bits per heavy atom. The molecule has 1 aromatic carbocycles. The van der Waals surface area contributed by atoms with Gasteiger partial charge in [-0.25, -0.2) is 0 Å². The standard InChI is InChI=1S/C22H32N2O4/c1-17(25)23-11-13-24(14-12-23)19-7-9-20(10-8-19)26-15-21-16-27-22(2,28-21)18-5-3-4-6-18/h7-10,18,21H,3-6,11-16H2,1-2H3. The number of nitrogens with zero attached hydrogens (tertiary/aromatic N) is 2. The average Bonchev–Trinajstić information content (AvgIpc) is 3.38. The van der Waals surface area contributed by atoms with Crippen LogP contribution < -0.4 is 9.64 Å². The molecule has 4 rings (SSSR count). The third-order valence-electron chi connectivity index (χ3n) is 6.42. The highest BCUT2D eigenvalue weighted by Crippen LogP contribution is 2.40. The summed E-state index contributed by atoms with van der Waals surface area (Å²) >= 11 is 0. The zero-order valence-corrected chi connectivity index (χ0v) is 17.1. The van der Waals surface area contributed by atoms with Gasteiger partial charge in [0.15, 0.2) is 5.79 Å². The minimum Gasteiger partial charge on any atom is -0.491 e. The molecule has 1 aliphatic carbocycles. The van der Waals surface area contributed by atoms with Crippen molar-refractivity contribution >= 4 is 11.6 Å².